The third kappa shape index (κ3) is 6.25. The Morgan fingerprint density at radius 2 is 1.45 bits per heavy atom. The van der Waals surface area contributed by atoms with E-state index in [2.05, 4.69) is 16.2 Å². The van der Waals surface area contributed by atoms with Crippen molar-refractivity contribution < 1.29 is 19.2 Å². The molecule has 0 aliphatic rings. The molecule has 2 aromatic rings. The first-order chi connectivity index (χ1) is 14.0. The number of nitrogens with one attached hydrogen (secondary N) is 3. The molecule has 8 nitrogen and oxygen atoms in total. The standard InChI is InChI=1S/C21H24N4O4/c1-3-25(4-2)14-18(26)23-24-21(29)19(27)16-12-8-9-13-17(16)22-20(28)15-10-6-5-7-11-15/h5-13H,3-4,14H2,1-2H3,(H,22,28)(H,23,26)(H,24,29). The summed E-state index contributed by atoms with van der Waals surface area (Å²) in [7, 11) is 0. The molecule has 0 fully saturated rings. The van der Waals surface area contributed by atoms with E-state index in [1.54, 1.807) is 42.5 Å². The predicted octanol–water partition coefficient (Wildman–Crippen LogP) is 1.61. The highest BCUT2D eigenvalue weighted by Crippen LogP contribution is 2.17. The number of benzene rings is 2. The van der Waals surface area contributed by atoms with Crippen LogP contribution in [0.1, 0.15) is 34.6 Å². The van der Waals surface area contributed by atoms with Crippen LogP contribution in [0, 0.1) is 0 Å². The molecule has 0 heterocycles. The molecule has 8 heteroatoms. The maximum absolute atomic E-state index is 12.5. The van der Waals surface area contributed by atoms with Crippen LogP contribution in [-0.2, 0) is 9.59 Å². The van der Waals surface area contributed by atoms with Gasteiger partial charge in [0.2, 0.25) is 0 Å². The Hall–Kier alpha value is -3.52. The minimum atomic E-state index is -1.00. The summed E-state index contributed by atoms with van der Waals surface area (Å²) in [6, 6.07) is 14.7. The van der Waals surface area contributed by atoms with Crippen molar-refractivity contribution in [2.75, 3.05) is 25.0 Å². The fourth-order valence-corrected chi connectivity index (χ4v) is 2.57. The molecule has 2 aromatic carbocycles. The first kappa shape index (κ1) is 21.8. The van der Waals surface area contributed by atoms with Gasteiger partial charge in [-0.25, -0.2) is 0 Å². The minimum absolute atomic E-state index is 0.0206. The van der Waals surface area contributed by atoms with Crippen LogP contribution in [0.3, 0.4) is 0 Å². The Balaban J connectivity index is 2.02. The largest absolute Gasteiger partial charge is 0.321 e. The van der Waals surface area contributed by atoms with Gasteiger partial charge in [-0.05, 0) is 37.4 Å². The van der Waals surface area contributed by atoms with Gasteiger partial charge in [0.25, 0.3) is 17.6 Å². The summed E-state index contributed by atoms with van der Waals surface area (Å²) >= 11 is 0. The van der Waals surface area contributed by atoms with Gasteiger partial charge in [-0.2, -0.15) is 0 Å². The summed E-state index contributed by atoms with van der Waals surface area (Å²) in [6.07, 6.45) is 0. The Kier molecular flexibility index (Phi) is 8.05. The van der Waals surface area contributed by atoms with E-state index in [0.29, 0.717) is 18.7 Å². The lowest BCUT2D eigenvalue weighted by atomic mass is 10.1. The zero-order valence-corrected chi connectivity index (χ0v) is 16.4. The fourth-order valence-electron chi connectivity index (χ4n) is 2.57. The average molecular weight is 396 g/mol. The molecule has 3 N–H and O–H groups in total. The van der Waals surface area contributed by atoms with Crippen LogP contribution in [0.5, 0.6) is 0 Å². The molecule has 0 saturated heterocycles. The van der Waals surface area contributed by atoms with E-state index in [1.165, 1.54) is 12.1 Å². The number of rotatable bonds is 8. The second kappa shape index (κ2) is 10.7. The summed E-state index contributed by atoms with van der Waals surface area (Å²) in [4.78, 5) is 50.8. The zero-order chi connectivity index (χ0) is 21.2. The quantitative estimate of drug-likeness (QED) is 0.357. The van der Waals surface area contributed by atoms with E-state index in [9.17, 15) is 19.2 Å². The summed E-state index contributed by atoms with van der Waals surface area (Å²) in [5.74, 6) is -2.71. The Morgan fingerprint density at radius 3 is 2.10 bits per heavy atom. The second-order valence-electron chi connectivity index (χ2n) is 6.16. The first-order valence-corrected chi connectivity index (χ1v) is 9.27. The average Bonchev–Trinajstić information content (AvgIpc) is 2.76. The van der Waals surface area contributed by atoms with Gasteiger partial charge in [0.15, 0.2) is 0 Å². The van der Waals surface area contributed by atoms with Gasteiger partial charge < -0.3 is 5.32 Å². The number of ketones is 1. The van der Waals surface area contributed by atoms with Crippen LogP contribution in [0.25, 0.3) is 0 Å². The molecule has 0 aliphatic carbocycles. The van der Waals surface area contributed by atoms with Crippen LogP contribution in [0.15, 0.2) is 54.6 Å². The lowest BCUT2D eigenvalue weighted by Gasteiger charge is -2.17. The van der Waals surface area contributed by atoms with Crippen molar-refractivity contribution in [3.8, 4) is 0 Å². The fraction of sp³-hybridized carbons (Fsp3) is 0.238. The smallest absolute Gasteiger partial charge is 0.310 e. The van der Waals surface area contributed by atoms with Crippen LogP contribution in [0.2, 0.25) is 0 Å². The number of likely N-dealkylation sites (N-methyl/N-ethyl adjacent to an activating group) is 1. The summed E-state index contributed by atoms with van der Waals surface area (Å²) in [5.41, 5.74) is 4.99. The molecule has 0 unspecified atom stereocenters. The van der Waals surface area contributed by atoms with Crippen molar-refractivity contribution >= 4 is 29.2 Å². The molecule has 0 radical (unpaired) electrons. The number of anilines is 1. The number of hydrogen-bond donors (Lipinski definition) is 3. The number of carbonyl (C=O) groups is 4. The number of Topliss-reactive ketones (excluding diaryl/α,β-unsaturated/α-hetero) is 1. The maximum atomic E-state index is 12.5. The van der Waals surface area contributed by atoms with Crippen LogP contribution >= 0.6 is 0 Å². The van der Waals surface area contributed by atoms with Crippen LogP contribution < -0.4 is 16.2 Å². The highest BCUT2D eigenvalue weighted by molar-refractivity contribution is 6.44. The normalized spacial score (nSPS) is 10.3. The summed E-state index contributed by atoms with van der Waals surface area (Å²) in [5, 5.41) is 2.63. The van der Waals surface area contributed by atoms with Crippen molar-refractivity contribution in [2.45, 2.75) is 13.8 Å². The van der Waals surface area contributed by atoms with Gasteiger partial charge >= 0.3 is 5.91 Å². The van der Waals surface area contributed by atoms with Crippen molar-refractivity contribution in [2.24, 2.45) is 0 Å². The van der Waals surface area contributed by atoms with Crippen molar-refractivity contribution in [1.29, 1.82) is 0 Å². The lowest BCUT2D eigenvalue weighted by Crippen LogP contribution is -2.48. The lowest BCUT2D eigenvalue weighted by molar-refractivity contribution is -0.127. The zero-order valence-electron chi connectivity index (χ0n) is 16.4. The number of amides is 3. The van der Waals surface area contributed by atoms with Gasteiger partial charge in [-0.1, -0.05) is 44.2 Å². The molecule has 152 valence electrons. The minimum Gasteiger partial charge on any atom is -0.321 e. The number of hydrogen-bond acceptors (Lipinski definition) is 5. The number of hydrazine groups is 1. The van der Waals surface area contributed by atoms with Crippen molar-refractivity contribution in [3.05, 3.63) is 65.7 Å². The molecule has 0 aromatic heterocycles. The van der Waals surface area contributed by atoms with E-state index in [1.807, 2.05) is 18.7 Å². The molecule has 2 rings (SSSR count). The van der Waals surface area contributed by atoms with E-state index < -0.39 is 23.5 Å². The van der Waals surface area contributed by atoms with Crippen LogP contribution in [-0.4, -0.2) is 48.0 Å². The second-order valence-corrected chi connectivity index (χ2v) is 6.16. The summed E-state index contributed by atoms with van der Waals surface area (Å²) in [6.45, 7) is 5.31. The molecule has 0 saturated carbocycles. The topological polar surface area (TPSA) is 108 Å². The molecular weight excluding hydrogens is 372 g/mol. The molecule has 0 spiro atoms. The molecule has 0 aliphatic heterocycles. The van der Waals surface area contributed by atoms with Gasteiger partial charge in [0.05, 0.1) is 17.8 Å². The highest BCUT2D eigenvalue weighted by Gasteiger charge is 2.21. The van der Waals surface area contributed by atoms with Crippen molar-refractivity contribution in [1.82, 2.24) is 15.8 Å². The van der Waals surface area contributed by atoms with Crippen molar-refractivity contribution in [3.63, 3.8) is 0 Å². The number of nitrogens with zero attached hydrogens (tertiary/aromatic N) is 1. The van der Waals surface area contributed by atoms with Gasteiger partial charge in [-0.15, -0.1) is 0 Å². The van der Waals surface area contributed by atoms with E-state index in [4.69, 9.17) is 0 Å². The van der Waals surface area contributed by atoms with Gasteiger partial charge in [-0.3, -0.25) is 34.9 Å². The molecular formula is C21H24N4O4. The molecule has 3 amide bonds. The van der Waals surface area contributed by atoms with E-state index in [-0.39, 0.29) is 17.8 Å². The van der Waals surface area contributed by atoms with E-state index >= 15 is 0 Å². The van der Waals surface area contributed by atoms with Gasteiger partial charge in [0.1, 0.15) is 0 Å². The Bertz CT molecular complexity index is 879. The first-order valence-electron chi connectivity index (χ1n) is 9.27. The Labute approximate surface area is 169 Å². The maximum Gasteiger partial charge on any atom is 0.310 e. The number of carbonyl (C=O) groups excluding carboxylic acids is 4. The third-order valence-corrected chi connectivity index (χ3v) is 4.24. The van der Waals surface area contributed by atoms with E-state index in [0.717, 1.165) is 0 Å². The SMILES string of the molecule is CCN(CC)CC(=O)NNC(=O)C(=O)c1ccccc1NC(=O)c1ccccc1. The Morgan fingerprint density at radius 1 is 0.828 bits per heavy atom. The molecule has 0 atom stereocenters. The monoisotopic (exact) mass is 396 g/mol. The van der Waals surface area contributed by atoms with Crippen LogP contribution in [0.4, 0.5) is 5.69 Å². The summed E-state index contributed by atoms with van der Waals surface area (Å²) < 4.78 is 0. The predicted molar refractivity (Wildman–Crippen MR) is 109 cm³/mol. The van der Waals surface area contributed by atoms with Gasteiger partial charge in [0, 0.05) is 5.56 Å². The number of para-hydroxylation sites is 1. The third-order valence-electron chi connectivity index (χ3n) is 4.24. The highest BCUT2D eigenvalue weighted by atomic mass is 16.2. The molecule has 29 heavy (non-hydrogen) atoms. The molecule has 0 bridgehead atoms.